The molecule has 1 aromatic carbocycles. The maximum absolute atomic E-state index is 12.1. The molecule has 0 aliphatic heterocycles. The van der Waals surface area contributed by atoms with Gasteiger partial charge in [-0.1, -0.05) is 18.2 Å². The number of para-hydroxylation sites is 1. The van der Waals surface area contributed by atoms with Crippen LogP contribution in [0.3, 0.4) is 0 Å². The summed E-state index contributed by atoms with van der Waals surface area (Å²) in [6, 6.07) is 6.74. The zero-order valence-electron chi connectivity index (χ0n) is 10.9. The molecular formula is C13H12F3N3O2. The van der Waals surface area contributed by atoms with Gasteiger partial charge in [0, 0.05) is 18.4 Å². The summed E-state index contributed by atoms with van der Waals surface area (Å²) < 4.78 is 36.3. The molecule has 2 rings (SSSR count). The first kappa shape index (κ1) is 15.0. The fourth-order valence-electron chi connectivity index (χ4n) is 1.96. The standard InChI is InChI=1S/C13H12F3N3O2/c14-13(15,16)6-3-7-17-12-9-4-1-2-5-10(9)18-8-11(12)19(20)21/h1-2,4-5,8H,3,6-7H2,(H,17,18). The topological polar surface area (TPSA) is 68.1 Å². The minimum absolute atomic E-state index is 0.00560. The first-order valence-electron chi connectivity index (χ1n) is 6.21. The SMILES string of the molecule is O=[N+]([O-])c1cnc2ccccc2c1NCCCC(F)(F)F. The summed E-state index contributed by atoms with van der Waals surface area (Å²) in [7, 11) is 0. The fraction of sp³-hybridized carbons (Fsp3) is 0.308. The normalized spacial score (nSPS) is 11.6. The molecular weight excluding hydrogens is 287 g/mol. The molecule has 0 atom stereocenters. The quantitative estimate of drug-likeness (QED) is 0.516. The summed E-state index contributed by atoms with van der Waals surface area (Å²) >= 11 is 0. The smallest absolute Gasteiger partial charge is 0.379 e. The highest BCUT2D eigenvalue weighted by Crippen LogP contribution is 2.31. The van der Waals surface area contributed by atoms with Gasteiger partial charge < -0.3 is 5.32 Å². The summed E-state index contributed by atoms with van der Waals surface area (Å²) in [5.41, 5.74) is 0.495. The van der Waals surface area contributed by atoms with Crippen LogP contribution in [0.25, 0.3) is 10.9 Å². The van der Waals surface area contributed by atoms with Crippen LogP contribution in [0.4, 0.5) is 24.5 Å². The molecule has 0 fully saturated rings. The van der Waals surface area contributed by atoms with Crippen LogP contribution in [0.5, 0.6) is 0 Å². The van der Waals surface area contributed by atoms with Crippen molar-refractivity contribution in [2.75, 3.05) is 11.9 Å². The number of aromatic nitrogens is 1. The summed E-state index contributed by atoms with van der Waals surface area (Å²) in [6.45, 7) is -0.00560. The third-order valence-electron chi connectivity index (χ3n) is 2.89. The molecule has 0 aliphatic carbocycles. The van der Waals surface area contributed by atoms with Gasteiger partial charge in [0.05, 0.1) is 10.4 Å². The van der Waals surface area contributed by atoms with E-state index in [4.69, 9.17) is 0 Å². The second kappa shape index (κ2) is 5.94. The van der Waals surface area contributed by atoms with Gasteiger partial charge >= 0.3 is 11.9 Å². The highest BCUT2D eigenvalue weighted by atomic mass is 19.4. The van der Waals surface area contributed by atoms with Gasteiger partial charge in [-0.15, -0.1) is 0 Å². The summed E-state index contributed by atoms with van der Waals surface area (Å²) in [6.07, 6.45) is -4.21. The highest BCUT2D eigenvalue weighted by Gasteiger charge is 2.26. The van der Waals surface area contributed by atoms with Gasteiger partial charge in [0.1, 0.15) is 11.9 Å². The number of anilines is 1. The van der Waals surface area contributed by atoms with Crippen molar-refractivity contribution >= 4 is 22.3 Å². The van der Waals surface area contributed by atoms with Gasteiger partial charge in [-0.05, 0) is 12.5 Å². The van der Waals surface area contributed by atoms with Crippen molar-refractivity contribution in [3.63, 3.8) is 0 Å². The van der Waals surface area contributed by atoms with Crippen molar-refractivity contribution in [2.45, 2.75) is 19.0 Å². The van der Waals surface area contributed by atoms with E-state index in [9.17, 15) is 23.3 Å². The van der Waals surface area contributed by atoms with E-state index in [1.54, 1.807) is 24.3 Å². The van der Waals surface area contributed by atoms with Crippen molar-refractivity contribution in [2.24, 2.45) is 0 Å². The summed E-state index contributed by atoms with van der Waals surface area (Å²) in [4.78, 5) is 14.4. The van der Waals surface area contributed by atoms with E-state index in [0.29, 0.717) is 10.9 Å². The first-order chi connectivity index (χ1) is 9.88. The van der Waals surface area contributed by atoms with Crippen molar-refractivity contribution in [1.29, 1.82) is 0 Å². The number of hydrogen-bond acceptors (Lipinski definition) is 4. The van der Waals surface area contributed by atoms with Crippen LogP contribution in [-0.4, -0.2) is 22.6 Å². The number of halogens is 3. The Bertz CT molecular complexity index is 659. The molecule has 2 aromatic rings. The Morgan fingerprint density at radius 3 is 2.67 bits per heavy atom. The van der Waals surface area contributed by atoms with Gasteiger partial charge in [0.2, 0.25) is 0 Å². The first-order valence-corrected chi connectivity index (χ1v) is 6.21. The lowest BCUT2D eigenvalue weighted by atomic mass is 10.1. The summed E-state index contributed by atoms with van der Waals surface area (Å²) in [5, 5.41) is 14.2. The molecule has 0 unspecified atom stereocenters. The molecule has 0 aliphatic rings. The molecule has 21 heavy (non-hydrogen) atoms. The Morgan fingerprint density at radius 2 is 2.00 bits per heavy atom. The second-order valence-corrected chi connectivity index (χ2v) is 4.44. The third-order valence-corrected chi connectivity index (χ3v) is 2.89. The van der Waals surface area contributed by atoms with E-state index in [1.807, 2.05) is 0 Å². The Balaban J connectivity index is 2.23. The Hall–Kier alpha value is -2.38. The largest absolute Gasteiger partial charge is 0.389 e. The number of alkyl halides is 3. The molecule has 1 N–H and O–H groups in total. The lowest BCUT2D eigenvalue weighted by Crippen LogP contribution is -2.12. The molecule has 0 saturated carbocycles. The van der Waals surface area contributed by atoms with E-state index in [0.717, 1.165) is 6.20 Å². The maximum Gasteiger partial charge on any atom is 0.389 e. The molecule has 0 saturated heterocycles. The molecule has 0 amide bonds. The molecule has 0 radical (unpaired) electrons. The number of benzene rings is 1. The fourth-order valence-corrected chi connectivity index (χ4v) is 1.96. The van der Waals surface area contributed by atoms with Crippen LogP contribution >= 0.6 is 0 Å². The van der Waals surface area contributed by atoms with Crippen molar-refractivity contribution in [3.8, 4) is 0 Å². The maximum atomic E-state index is 12.1. The van der Waals surface area contributed by atoms with Crippen LogP contribution in [0, 0.1) is 10.1 Å². The molecule has 1 aromatic heterocycles. The van der Waals surface area contributed by atoms with Crippen LogP contribution in [-0.2, 0) is 0 Å². The lowest BCUT2D eigenvalue weighted by molar-refractivity contribution is -0.384. The van der Waals surface area contributed by atoms with Crippen LogP contribution < -0.4 is 5.32 Å². The van der Waals surface area contributed by atoms with Crippen LogP contribution in [0.1, 0.15) is 12.8 Å². The predicted octanol–water partition coefficient (Wildman–Crippen LogP) is 3.90. The molecule has 5 nitrogen and oxygen atoms in total. The number of hydrogen-bond donors (Lipinski definition) is 1. The van der Waals surface area contributed by atoms with Gasteiger partial charge in [-0.2, -0.15) is 13.2 Å². The zero-order chi connectivity index (χ0) is 15.5. The van der Waals surface area contributed by atoms with E-state index < -0.39 is 17.5 Å². The van der Waals surface area contributed by atoms with Gasteiger partial charge in [-0.25, -0.2) is 4.98 Å². The van der Waals surface area contributed by atoms with Gasteiger partial charge in [-0.3, -0.25) is 10.1 Å². The molecule has 0 bridgehead atoms. The molecule has 1 heterocycles. The molecule has 112 valence electrons. The van der Waals surface area contributed by atoms with E-state index >= 15 is 0 Å². The Kier molecular flexibility index (Phi) is 4.25. The van der Waals surface area contributed by atoms with Gasteiger partial charge in [0.25, 0.3) is 0 Å². The average molecular weight is 299 g/mol. The van der Waals surface area contributed by atoms with Crippen molar-refractivity contribution in [1.82, 2.24) is 4.98 Å². The minimum Gasteiger partial charge on any atom is -0.379 e. The molecule has 0 spiro atoms. The third kappa shape index (κ3) is 3.80. The highest BCUT2D eigenvalue weighted by molar-refractivity contribution is 5.95. The van der Waals surface area contributed by atoms with E-state index in [-0.39, 0.29) is 24.3 Å². The number of rotatable bonds is 5. The van der Waals surface area contributed by atoms with E-state index in [2.05, 4.69) is 10.3 Å². The van der Waals surface area contributed by atoms with E-state index in [1.165, 1.54) is 0 Å². The van der Waals surface area contributed by atoms with Crippen LogP contribution in [0.2, 0.25) is 0 Å². The number of nitrogens with one attached hydrogen (secondary N) is 1. The van der Waals surface area contributed by atoms with Crippen molar-refractivity contribution in [3.05, 3.63) is 40.6 Å². The number of nitrogens with zero attached hydrogens (tertiary/aromatic N) is 2. The number of pyridine rings is 1. The number of fused-ring (bicyclic) bond motifs is 1. The Morgan fingerprint density at radius 1 is 1.29 bits per heavy atom. The Labute approximate surface area is 117 Å². The zero-order valence-corrected chi connectivity index (χ0v) is 10.9. The molecule has 8 heteroatoms. The lowest BCUT2D eigenvalue weighted by Gasteiger charge is -2.11. The van der Waals surface area contributed by atoms with Crippen LogP contribution in [0.15, 0.2) is 30.5 Å². The number of nitro groups is 1. The minimum atomic E-state index is -4.23. The summed E-state index contributed by atoms with van der Waals surface area (Å²) in [5.74, 6) is 0. The second-order valence-electron chi connectivity index (χ2n) is 4.44. The predicted molar refractivity (Wildman–Crippen MR) is 72.2 cm³/mol. The van der Waals surface area contributed by atoms with Gasteiger partial charge in [0.15, 0.2) is 0 Å². The van der Waals surface area contributed by atoms with Crippen molar-refractivity contribution < 1.29 is 18.1 Å². The average Bonchev–Trinajstić information content (AvgIpc) is 2.42. The monoisotopic (exact) mass is 299 g/mol.